The molecule has 4 heterocycles. The van der Waals surface area contributed by atoms with Crippen LogP contribution in [0, 0.1) is 0 Å². The van der Waals surface area contributed by atoms with Crippen LogP contribution in [0.25, 0.3) is 21.0 Å². The summed E-state index contributed by atoms with van der Waals surface area (Å²) in [5, 5.41) is 10.4. The predicted octanol–water partition coefficient (Wildman–Crippen LogP) is 4.91. The molecule has 1 atom stereocenters. The Balaban J connectivity index is 1.21. The number of rotatable bonds is 5. The molecule has 0 aliphatic carbocycles. The number of nitrogens with zero attached hydrogens (tertiary/aromatic N) is 4. The first kappa shape index (κ1) is 18.8. The lowest BCUT2D eigenvalue weighted by Gasteiger charge is -2.31. The van der Waals surface area contributed by atoms with Gasteiger partial charge in [-0.05, 0) is 36.4 Å². The molecule has 5 rings (SSSR count). The topological polar surface area (TPSA) is 72.1 Å². The lowest BCUT2D eigenvalue weighted by Crippen LogP contribution is -2.40. The molecular formula is C20H18N4O2S3. The number of carbonyl (C=O) groups is 1. The van der Waals surface area contributed by atoms with Crippen molar-refractivity contribution in [2.24, 2.45) is 0 Å². The highest BCUT2D eigenvalue weighted by Gasteiger charge is 2.28. The second kappa shape index (κ2) is 8.25. The van der Waals surface area contributed by atoms with Crippen LogP contribution >= 0.6 is 34.4 Å². The minimum atomic E-state index is 0.0985. The summed E-state index contributed by atoms with van der Waals surface area (Å²) in [6.07, 6.45) is 1.90. The maximum absolute atomic E-state index is 12.8. The van der Waals surface area contributed by atoms with E-state index in [1.807, 2.05) is 40.6 Å². The summed E-state index contributed by atoms with van der Waals surface area (Å²) in [6, 6.07) is 12.0. The molecule has 0 N–H and O–H groups in total. The van der Waals surface area contributed by atoms with Gasteiger partial charge in [0.1, 0.15) is 0 Å². The lowest BCUT2D eigenvalue weighted by atomic mass is 9.98. The zero-order valence-corrected chi connectivity index (χ0v) is 17.9. The summed E-state index contributed by atoms with van der Waals surface area (Å²) in [5.41, 5.74) is 0.989. The number of thiazole rings is 1. The van der Waals surface area contributed by atoms with Gasteiger partial charge in [-0.25, -0.2) is 4.98 Å². The van der Waals surface area contributed by atoms with Crippen LogP contribution < -0.4 is 0 Å². The Hall–Kier alpha value is -2.23. The number of benzene rings is 1. The zero-order valence-electron chi connectivity index (χ0n) is 15.5. The number of hydrogen-bond acceptors (Lipinski definition) is 8. The molecule has 0 saturated carbocycles. The molecule has 1 amide bonds. The largest absolute Gasteiger partial charge is 0.420 e. The second-order valence-electron chi connectivity index (χ2n) is 6.84. The van der Waals surface area contributed by atoms with E-state index in [0.29, 0.717) is 24.1 Å². The molecule has 1 fully saturated rings. The summed E-state index contributed by atoms with van der Waals surface area (Å²) >= 11 is 4.73. The van der Waals surface area contributed by atoms with E-state index < -0.39 is 0 Å². The van der Waals surface area contributed by atoms with Gasteiger partial charge in [0.05, 0.1) is 26.8 Å². The van der Waals surface area contributed by atoms with Gasteiger partial charge in [0, 0.05) is 13.1 Å². The first-order valence-electron chi connectivity index (χ1n) is 9.40. The van der Waals surface area contributed by atoms with Crippen LogP contribution in [0.5, 0.6) is 0 Å². The van der Waals surface area contributed by atoms with Crippen molar-refractivity contribution in [2.45, 2.75) is 23.1 Å². The minimum absolute atomic E-state index is 0.0985. The van der Waals surface area contributed by atoms with Gasteiger partial charge in [0.2, 0.25) is 11.8 Å². The number of thioether (sulfide) groups is 1. The Morgan fingerprint density at radius 1 is 1.24 bits per heavy atom. The van der Waals surface area contributed by atoms with Crippen LogP contribution in [0.4, 0.5) is 0 Å². The molecule has 1 saturated heterocycles. The van der Waals surface area contributed by atoms with E-state index in [9.17, 15) is 4.79 Å². The summed E-state index contributed by atoms with van der Waals surface area (Å²) in [6.45, 7) is 1.41. The molecule has 29 heavy (non-hydrogen) atoms. The number of piperidine rings is 1. The van der Waals surface area contributed by atoms with Crippen molar-refractivity contribution in [1.29, 1.82) is 0 Å². The first-order chi connectivity index (χ1) is 14.3. The number of para-hydroxylation sites is 1. The molecule has 6 nitrogen and oxygen atoms in total. The van der Waals surface area contributed by atoms with Crippen LogP contribution in [-0.4, -0.2) is 44.8 Å². The van der Waals surface area contributed by atoms with E-state index in [-0.39, 0.29) is 11.8 Å². The predicted molar refractivity (Wildman–Crippen MR) is 117 cm³/mol. The molecule has 3 aromatic heterocycles. The van der Waals surface area contributed by atoms with E-state index in [2.05, 4.69) is 21.2 Å². The Morgan fingerprint density at radius 2 is 2.17 bits per heavy atom. The van der Waals surface area contributed by atoms with Gasteiger partial charge in [-0.2, -0.15) is 0 Å². The van der Waals surface area contributed by atoms with E-state index >= 15 is 0 Å². The third-order valence-corrected chi connectivity index (χ3v) is 7.91. The van der Waals surface area contributed by atoms with Gasteiger partial charge in [-0.15, -0.1) is 32.9 Å². The fourth-order valence-corrected chi connectivity index (χ4v) is 6.05. The number of likely N-dealkylation sites (tertiary alicyclic amines) is 1. The summed E-state index contributed by atoms with van der Waals surface area (Å²) in [7, 11) is 0. The van der Waals surface area contributed by atoms with Crippen LogP contribution in [-0.2, 0) is 4.79 Å². The van der Waals surface area contributed by atoms with Crippen molar-refractivity contribution in [3.05, 3.63) is 47.7 Å². The van der Waals surface area contributed by atoms with Crippen LogP contribution in [0.1, 0.15) is 24.7 Å². The van der Waals surface area contributed by atoms with Crippen molar-refractivity contribution >= 4 is 50.6 Å². The molecule has 0 bridgehead atoms. The highest BCUT2D eigenvalue weighted by molar-refractivity contribution is 8.01. The van der Waals surface area contributed by atoms with Gasteiger partial charge in [0.15, 0.2) is 4.34 Å². The van der Waals surface area contributed by atoms with Gasteiger partial charge >= 0.3 is 0 Å². The number of thiophene rings is 1. The van der Waals surface area contributed by atoms with Crippen molar-refractivity contribution in [1.82, 2.24) is 20.1 Å². The molecule has 1 unspecified atom stereocenters. The number of fused-ring (bicyclic) bond motifs is 1. The SMILES string of the molecule is O=C(CSc1nc2ccccc2s1)N1CCCC(c2nnc(-c3cccs3)o2)C1. The molecule has 0 spiro atoms. The smallest absolute Gasteiger partial charge is 0.257 e. The van der Waals surface area contributed by atoms with Crippen LogP contribution in [0.2, 0.25) is 0 Å². The highest BCUT2D eigenvalue weighted by atomic mass is 32.2. The molecule has 1 aromatic carbocycles. The normalized spacial score (nSPS) is 17.1. The summed E-state index contributed by atoms with van der Waals surface area (Å²) in [5.74, 6) is 1.82. The molecular weight excluding hydrogens is 424 g/mol. The number of carbonyl (C=O) groups excluding carboxylic acids is 1. The Morgan fingerprint density at radius 3 is 3.03 bits per heavy atom. The van der Waals surface area contributed by atoms with Crippen molar-refractivity contribution in [3.63, 3.8) is 0 Å². The Kier molecular flexibility index (Phi) is 5.34. The van der Waals surface area contributed by atoms with Gasteiger partial charge in [-0.1, -0.05) is 30.0 Å². The monoisotopic (exact) mass is 442 g/mol. The minimum Gasteiger partial charge on any atom is -0.420 e. The molecule has 0 radical (unpaired) electrons. The lowest BCUT2D eigenvalue weighted by molar-refractivity contribution is -0.129. The second-order valence-corrected chi connectivity index (χ2v) is 10.0. The molecule has 4 aromatic rings. The first-order valence-corrected chi connectivity index (χ1v) is 12.1. The summed E-state index contributed by atoms with van der Waals surface area (Å²) < 4.78 is 7.98. The maximum Gasteiger partial charge on any atom is 0.257 e. The molecule has 1 aliphatic heterocycles. The van der Waals surface area contributed by atoms with E-state index in [1.54, 1.807) is 22.7 Å². The van der Waals surface area contributed by atoms with E-state index in [4.69, 9.17) is 4.42 Å². The maximum atomic E-state index is 12.8. The van der Waals surface area contributed by atoms with Crippen molar-refractivity contribution < 1.29 is 9.21 Å². The molecule has 148 valence electrons. The Bertz CT molecular complexity index is 1090. The van der Waals surface area contributed by atoms with Gasteiger partial charge in [0.25, 0.3) is 5.89 Å². The molecule has 9 heteroatoms. The standard InChI is InChI=1S/C20H18N4O2S3/c25-17(12-28-20-21-14-6-1-2-7-15(14)29-20)24-9-3-5-13(11-24)18-22-23-19(26-18)16-8-4-10-27-16/h1-2,4,6-8,10,13H,3,5,9,11-12H2. The van der Waals surface area contributed by atoms with E-state index in [0.717, 1.165) is 38.8 Å². The fraction of sp³-hybridized carbons (Fsp3) is 0.300. The van der Waals surface area contributed by atoms with Gasteiger partial charge < -0.3 is 9.32 Å². The number of hydrogen-bond donors (Lipinski definition) is 0. The fourth-order valence-electron chi connectivity index (χ4n) is 3.43. The third kappa shape index (κ3) is 4.08. The zero-order chi connectivity index (χ0) is 19.6. The Labute approximate surface area is 180 Å². The van der Waals surface area contributed by atoms with Crippen LogP contribution in [0.3, 0.4) is 0 Å². The third-order valence-electron chi connectivity index (χ3n) is 4.89. The quantitative estimate of drug-likeness (QED) is 0.409. The highest BCUT2D eigenvalue weighted by Crippen LogP contribution is 2.32. The average molecular weight is 443 g/mol. The number of aromatic nitrogens is 3. The van der Waals surface area contributed by atoms with Gasteiger partial charge in [-0.3, -0.25) is 4.79 Å². The molecule has 1 aliphatic rings. The average Bonchev–Trinajstić information content (AvgIpc) is 3.51. The van der Waals surface area contributed by atoms with Crippen molar-refractivity contribution in [3.8, 4) is 10.8 Å². The van der Waals surface area contributed by atoms with Crippen LogP contribution in [0.15, 0.2) is 50.5 Å². The summed E-state index contributed by atoms with van der Waals surface area (Å²) in [4.78, 5) is 20.3. The van der Waals surface area contributed by atoms with Crippen molar-refractivity contribution in [2.75, 3.05) is 18.8 Å². The number of amides is 1. The van der Waals surface area contributed by atoms with E-state index in [1.165, 1.54) is 11.8 Å².